The van der Waals surface area contributed by atoms with Crippen molar-refractivity contribution in [2.45, 2.75) is 19.9 Å². The Balaban J connectivity index is 1.84. The van der Waals surface area contributed by atoms with Crippen LogP contribution in [0.25, 0.3) is 0 Å². The summed E-state index contributed by atoms with van der Waals surface area (Å²) >= 11 is 0. The summed E-state index contributed by atoms with van der Waals surface area (Å²) < 4.78 is 1.85. The molecule has 7 nitrogen and oxygen atoms in total. The third-order valence-corrected chi connectivity index (χ3v) is 4.15. The van der Waals surface area contributed by atoms with E-state index in [2.05, 4.69) is 17.2 Å². The molecule has 0 radical (unpaired) electrons. The summed E-state index contributed by atoms with van der Waals surface area (Å²) in [6.45, 7) is 6.58. The molecule has 2 rings (SSSR count). The Hall–Kier alpha value is -2.97. The molecule has 0 aliphatic heterocycles. The number of hydrogen-bond acceptors (Lipinski definition) is 4. The lowest BCUT2D eigenvalue weighted by atomic mass is 9.77. The van der Waals surface area contributed by atoms with Gasteiger partial charge in [-0.05, 0) is 18.8 Å². The molecule has 0 aliphatic rings. The van der Waals surface area contributed by atoms with Crippen molar-refractivity contribution in [3.8, 4) is 0 Å². The highest BCUT2D eigenvalue weighted by molar-refractivity contribution is 6.59. The van der Waals surface area contributed by atoms with E-state index in [0.717, 1.165) is 5.56 Å². The van der Waals surface area contributed by atoms with E-state index in [9.17, 15) is 19.6 Å². The van der Waals surface area contributed by atoms with Gasteiger partial charge < -0.3 is 20.7 Å². The van der Waals surface area contributed by atoms with Crippen molar-refractivity contribution in [2.24, 2.45) is 0 Å². The van der Waals surface area contributed by atoms with Gasteiger partial charge >= 0.3 is 7.12 Å². The smallest absolute Gasteiger partial charge is 0.423 e. The van der Waals surface area contributed by atoms with E-state index < -0.39 is 7.12 Å². The van der Waals surface area contributed by atoms with Gasteiger partial charge in [-0.15, -0.1) is 0 Å². The first-order valence-corrected chi connectivity index (χ1v) is 9.03. The summed E-state index contributed by atoms with van der Waals surface area (Å²) in [5, 5.41) is 24.4. The zero-order valence-electron chi connectivity index (χ0n) is 15.9. The molecule has 0 saturated carbocycles. The molecule has 0 atom stereocenters. The molecule has 2 aromatic rings. The maximum Gasteiger partial charge on any atom is 0.488 e. The maximum absolute atomic E-state index is 12.2. The lowest BCUT2D eigenvalue weighted by Crippen LogP contribution is -2.40. The van der Waals surface area contributed by atoms with Crippen LogP contribution in [0, 0.1) is 0 Å². The number of benzene rings is 1. The number of aromatic nitrogens is 1. The highest BCUT2D eigenvalue weighted by atomic mass is 16.4. The maximum atomic E-state index is 12.2. The Labute approximate surface area is 164 Å². The molecule has 28 heavy (non-hydrogen) atoms. The van der Waals surface area contributed by atoms with E-state index in [1.54, 1.807) is 43.6 Å². The summed E-state index contributed by atoms with van der Waals surface area (Å²) in [5.74, 6) is -0.376. The third kappa shape index (κ3) is 6.33. The van der Waals surface area contributed by atoms with Crippen LogP contribution in [0.4, 0.5) is 0 Å². The standard InChI is InChI=1S/C20H24BN3O4/c1-15(2)19(25)22-10-5-11-23-20(26)16-8-12-24(13-9-16)14-17-6-3-4-7-18(17)21(27)28/h3-4,6-9,12-13,27-28H,1,5,10-11,14H2,2H3,(H-,22,23,25,26)/p+1. The average molecular weight is 382 g/mol. The van der Waals surface area contributed by atoms with Crippen LogP contribution in [0.2, 0.25) is 0 Å². The monoisotopic (exact) mass is 382 g/mol. The minimum Gasteiger partial charge on any atom is -0.423 e. The highest BCUT2D eigenvalue weighted by Crippen LogP contribution is 1.99. The Morgan fingerprint density at radius 3 is 2.36 bits per heavy atom. The van der Waals surface area contributed by atoms with Crippen molar-refractivity contribution in [3.63, 3.8) is 0 Å². The molecule has 0 fully saturated rings. The number of pyridine rings is 1. The molecule has 146 valence electrons. The lowest BCUT2D eigenvalue weighted by molar-refractivity contribution is -0.688. The van der Waals surface area contributed by atoms with Gasteiger partial charge in [0.05, 0.1) is 5.56 Å². The highest BCUT2D eigenvalue weighted by Gasteiger charge is 2.17. The van der Waals surface area contributed by atoms with Crippen LogP contribution in [0.1, 0.15) is 29.3 Å². The molecule has 1 heterocycles. The number of carbonyl (C=O) groups excluding carboxylic acids is 2. The van der Waals surface area contributed by atoms with E-state index in [1.807, 2.05) is 16.7 Å². The molecule has 0 bridgehead atoms. The molecule has 4 N–H and O–H groups in total. The van der Waals surface area contributed by atoms with E-state index in [4.69, 9.17) is 0 Å². The Kier molecular flexibility index (Phi) is 7.92. The molecule has 1 aromatic carbocycles. The minimum absolute atomic E-state index is 0.186. The molecule has 1 aromatic heterocycles. The fourth-order valence-corrected chi connectivity index (χ4v) is 2.59. The number of amides is 2. The Morgan fingerprint density at radius 2 is 1.71 bits per heavy atom. The lowest BCUT2D eigenvalue weighted by Gasteiger charge is -2.07. The molecule has 0 aliphatic carbocycles. The molecular formula is C20H25BN3O4+. The quantitative estimate of drug-likeness (QED) is 0.204. The fraction of sp³-hybridized carbons (Fsp3) is 0.250. The Bertz CT molecular complexity index is 838. The molecule has 0 saturated heterocycles. The molecule has 8 heteroatoms. The number of rotatable bonds is 9. The Morgan fingerprint density at radius 1 is 1.07 bits per heavy atom. The second-order valence-corrected chi connectivity index (χ2v) is 6.48. The number of nitrogens with zero attached hydrogens (tertiary/aromatic N) is 1. The first-order chi connectivity index (χ1) is 13.4. The summed E-state index contributed by atoms with van der Waals surface area (Å²) in [7, 11) is -1.53. The van der Waals surface area contributed by atoms with Gasteiger partial charge in [0.15, 0.2) is 18.9 Å². The predicted octanol–water partition coefficient (Wildman–Crippen LogP) is -0.486. The van der Waals surface area contributed by atoms with E-state index in [-0.39, 0.29) is 11.8 Å². The van der Waals surface area contributed by atoms with Crippen LogP contribution in [0.5, 0.6) is 0 Å². The first-order valence-electron chi connectivity index (χ1n) is 9.03. The van der Waals surface area contributed by atoms with Gasteiger partial charge in [-0.25, -0.2) is 4.57 Å². The molecular weight excluding hydrogens is 357 g/mol. The topological polar surface area (TPSA) is 103 Å². The average Bonchev–Trinajstić information content (AvgIpc) is 2.68. The van der Waals surface area contributed by atoms with Gasteiger partial charge in [0.2, 0.25) is 5.91 Å². The fourth-order valence-electron chi connectivity index (χ4n) is 2.59. The van der Waals surface area contributed by atoms with Crippen molar-refractivity contribution >= 4 is 24.4 Å². The second kappa shape index (κ2) is 10.4. The molecule has 2 amide bonds. The van der Waals surface area contributed by atoms with Crippen LogP contribution < -0.4 is 20.7 Å². The predicted molar refractivity (Wildman–Crippen MR) is 107 cm³/mol. The van der Waals surface area contributed by atoms with Crippen molar-refractivity contribution < 1.29 is 24.2 Å². The van der Waals surface area contributed by atoms with Gasteiger partial charge in [0.1, 0.15) is 0 Å². The largest absolute Gasteiger partial charge is 0.488 e. The van der Waals surface area contributed by atoms with Gasteiger partial charge in [-0.1, -0.05) is 30.8 Å². The van der Waals surface area contributed by atoms with E-state index in [1.165, 1.54) is 0 Å². The molecule has 0 spiro atoms. The summed E-state index contributed by atoms with van der Waals surface area (Å²) in [6, 6.07) is 10.5. The number of carbonyl (C=O) groups is 2. The van der Waals surface area contributed by atoms with E-state index >= 15 is 0 Å². The first kappa shape index (κ1) is 21.3. The van der Waals surface area contributed by atoms with Crippen molar-refractivity contribution in [3.05, 3.63) is 72.1 Å². The zero-order valence-corrected chi connectivity index (χ0v) is 15.9. The summed E-state index contributed by atoms with van der Waals surface area (Å²) in [4.78, 5) is 23.5. The van der Waals surface area contributed by atoms with Crippen molar-refractivity contribution in [2.75, 3.05) is 13.1 Å². The van der Waals surface area contributed by atoms with Gasteiger partial charge in [0, 0.05) is 36.4 Å². The SMILES string of the molecule is C=C(C)C(=O)NCCCNC(=O)c1cc[n+](Cc2ccccc2B(O)O)cc1. The minimum atomic E-state index is -1.53. The van der Waals surface area contributed by atoms with Crippen LogP contribution in [0.3, 0.4) is 0 Å². The van der Waals surface area contributed by atoms with Crippen LogP contribution in [0.15, 0.2) is 60.9 Å². The van der Waals surface area contributed by atoms with Gasteiger partial charge in [-0.2, -0.15) is 0 Å². The summed E-state index contributed by atoms with van der Waals surface area (Å²) in [5.41, 5.74) is 2.22. The third-order valence-electron chi connectivity index (χ3n) is 4.15. The number of hydrogen-bond donors (Lipinski definition) is 4. The summed E-state index contributed by atoms with van der Waals surface area (Å²) in [6.07, 6.45) is 4.16. The van der Waals surface area contributed by atoms with Crippen LogP contribution >= 0.6 is 0 Å². The van der Waals surface area contributed by atoms with E-state index in [0.29, 0.717) is 42.7 Å². The van der Waals surface area contributed by atoms with Crippen molar-refractivity contribution in [1.29, 1.82) is 0 Å². The zero-order chi connectivity index (χ0) is 20.5. The van der Waals surface area contributed by atoms with Gasteiger partial charge in [0.25, 0.3) is 5.91 Å². The van der Waals surface area contributed by atoms with Crippen molar-refractivity contribution in [1.82, 2.24) is 10.6 Å². The molecule has 0 unspecified atom stereocenters. The van der Waals surface area contributed by atoms with Crippen LogP contribution in [-0.4, -0.2) is 42.1 Å². The normalized spacial score (nSPS) is 10.2. The second-order valence-electron chi connectivity index (χ2n) is 6.48. The van der Waals surface area contributed by atoms with Crippen LogP contribution in [-0.2, 0) is 11.3 Å². The van der Waals surface area contributed by atoms with Gasteiger partial charge in [-0.3, -0.25) is 9.59 Å². The number of nitrogens with one attached hydrogen (secondary N) is 2.